The van der Waals surface area contributed by atoms with Gasteiger partial charge in [0.1, 0.15) is 5.15 Å². The fourth-order valence-electron chi connectivity index (χ4n) is 2.41. The summed E-state index contributed by atoms with van der Waals surface area (Å²) in [5.41, 5.74) is 1.03. The highest BCUT2D eigenvalue weighted by Gasteiger charge is 2.25. The molecule has 0 spiro atoms. The van der Waals surface area contributed by atoms with Gasteiger partial charge in [0.2, 0.25) is 5.91 Å². The Morgan fingerprint density at radius 2 is 2.36 bits per heavy atom. The van der Waals surface area contributed by atoms with Crippen LogP contribution in [0.2, 0.25) is 5.15 Å². The third kappa shape index (κ3) is 4.59. The van der Waals surface area contributed by atoms with E-state index in [-0.39, 0.29) is 11.9 Å². The van der Waals surface area contributed by atoms with E-state index in [4.69, 9.17) is 11.6 Å². The zero-order valence-corrected chi connectivity index (χ0v) is 13.7. The second-order valence-electron chi connectivity index (χ2n) is 5.24. The van der Waals surface area contributed by atoms with Gasteiger partial charge in [-0.25, -0.2) is 4.98 Å². The van der Waals surface area contributed by atoms with E-state index in [9.17, 15) is 4.79 Å². The van der Waals surface area contributed by atoms with Gasteiger partial charge in [-0.3, -0.25) is 9.79 Å². The number of nitrogens with one attached hydrogen (secondary N) is 2. The minimum absolute atomic E-state index is 0.208. The molecule has 2 N–H and O–H groups in total. The lowest BCUT2D eigenvalue weighted by atomic mass is 10.2. The number of aromatic nitrogens is 1. The molecule has 1 unspecified atom stereocenters. The summed E-state index contributed by atoms with van der Waals surface area (Å²) in [6, 6.07) is 3.93. The molecule has 1 aliphatic heterocycles. The molecule has 2 heterocycles. The van der Waals surface area contributed by atoms with Crippen molar-refractivity contribution in [3.63, 3.8) is 0 Å². The van der Waals surface area contributed by atoms with Crippen LogP contribution in [0.15, 0.2) is 23.3 Å². The second-order valence-corrected chi connectivity index (χ2v) is 5.63. The fraction of sp³-hybridized carbons (Fsp3) is 0.533. The van der Waals surface area contributed by atoms with Gasteiger partial charge in [0.15, 0.2) is 5.96 Å². The summed E-state index contributed by atoms with van der Waals surface area (Å²) in [7, 11) is 1.74. The lowest BCUT2D eigenvalue weighted by molar-refractivity contribution is -0.129. The molecule has 7 heteroatoms. The van der Waals surface area contributed by atoms with Crippen molar-refractivity contribution in [3.05, 3.63) is 29.0 Å². The number of carbonyl (C=O) groups is 1. The average molecular weight is 324 g/mol. The van der Waals surface area contributed by atoms with Crippen molar-refractivity contribution in [2.75, 3.05) is 20.1 Å². The zero-order chi connectivity index (χ0) is 15.9. The molecule has 1 fully saturated rings. The monoisotopic (exact) mass is 323 g/mol. The Hall–Kier alpha value is -1.82. The van der Waals surface area contributed by atoms with E-state index in [0.29, 0.717) is 18.1 Å². The highest BCUT2D eigenvalue weighted by molar-refractivity contribution is 6.29. The number of carbonyl (C=O) groups excluding carboxylic acids is 1. The maximum absolute atomic E-state index is 11.7. The topological polar surface area (TPSA) is 69.6 Å². The maximum Gasteiger partial charge on any atom is 0.222 e. The number of likely N-dealkylation sites (tertiary alicyclic amines) is 1. The Morgan fingerprint density at radius 1 is 1.55 bits per heavy atom. The van der Waals surface area contributed by atoms with Crippen LogP contribution >= 0.6 is 11.6 Å². The normalized spacial score (nSPS) is 18.4. The summed E-state index contributed by atoms with van der Waals surface area (Å²) in [4.78, 5) is 21.8. The first-order valence-electron chi connectivity index (χ1n) is 7.47. The summed E-state index contributed by atoms with van der Waals surface area (Å²) in [5, 5.41) is 7.08. The standard InChI is InChI=1S/C15H22ClN5O/c1-3-14(22)21-7-6-12(10-21)20-15(17-2)19-9-11-4-5-13(16)18-8-11/h4-5,8,12H,3,6-7,9-10H2,1-2H3,(H2,17,19,20). The number of aliphatic imine (C=N–C) groups is 1. The van der Waals surface area contributed by atoms with Gasteiger partial charge < -0.3 is 15.5 Å². The number of amides is 1. The molecule has 120 valence electrons. The van der Waals surface area contributed by atoms with Crippen LogP contribution in [0.3, 0.4) is 0 Å². The molecule has 1 aliphatic rings. The summed E-state index contributed by atoms with van der Waals surface area (Å²) >= 11 is 5.77. The van der Waals surface area contributed by atoms with Crippen LogP contribution in [0.5, 0.6) is 0 Å². The van der Waals surface area contributed by atoms with E-state index in [1.165, 1.54) is 0 Å². The third-order valence-corrected chi connectivity index (χ3v) is 3.88. The van der Waals surface area contributed by atoms with Crippen LogP contribution in [0.1, 0.15) is 25.3 Å². The average Bonchev–Trinajstić information content (AvgIpc) is 3.00. The summed E-state index contributed by atoms with van der Waals surface area (Å²) in [6.07, 6.45) is 3.23. The van der Waals surface area contributed by atoms with Crippen molar-refractivity contribution in [2.24, 2.45) is 4.99 Å². The molecule has 1 atom stereocenters. The number of hydrogen-bond donors (Lipinski definition) is 2. The SMILES string of the molecule is CCC(=O)N1CCC(NC(=NC)NCc2ccc(Cl)nc2)C1. The quantitative estimate of drug-likeness (QED) is 0.499. The van der Waals surface area contributed by atoms with Gasteiger partial charge in [0, 0.05) is 45.3 Å². The Kier molecular flexibility index (Phi) is 6.00. The van der Waals surface area contributed by atoms with Crippen molar-refractivity contribution in [1.29, 1.82) is 0 Å². The van der Waals surface area contributed by atoms with E-state index < -0.39 is 0 Å². The van der Waals surface area contributed by atoms with Crippen LogP contribution in [0.4, 0.5) is 0 Å². The molecule has 0 aliphatic carbocycles. The number of hydrogen-bond acceptors (Lipinski definition) is 3. The van der Waals surface area contributed by atoms with Gasteiger partial charge in [0.25, 0.3) is 0 Å². The molecule has 0 aromatic carbocycles. The lowest BCUT2D eigenvalue weighted by Gasteiger charge is -2.18. The fourth-order valence-corrected chi connectivity index (χ4v) is 2.52. The van der Waals surface area contributed by atoms with Crippen LogP contribution < -0.4 is 10.6 Å². The van der Waals surface area contributed by atoms with E-state index in [1.807, 2.05) is 17.9 Å². The predicted molar refractivity (Wildman–Crippen MR) is 87.9 cm³/mol. The molecular weight excluding hydrogens is 302 g/mol. The molecule has 1 aromatic heterocycles. The molecule has 1 amide bonds. The van der Waals surface area contributed by atoms with Crippen molar-refractivity contribution in [2.45, 2.75) is 32.4 Å². The van der Waals surface area contributed by atoms with E-state index in [0.717, 1.165) is 31.0 Å². The van der Waals surface area contributed by atoms with Gasteiger partial charge in [-0.1, -0.05) is 24.6 Å². The molecule has 2 rings (SSSR count). The third-order valence-electron chi connectivity index (χ3n) is 3.66. The Labute approximate surface area is 136 Å². The largest absolute Gasteiger partial charge is 0.352 e. The maximum atomic E-state index is 11.7. The van der Waals surface area contributed by atoms with Crippen molar-refractivity contribution in [1.82, 2.24) is 20.5 Å². The highest BCUT2D eigenvalue weighted by Crippen LogP contribution is 2.10. The molecule has 1 saturated heterocycles. The van der Waals surface area contributed by atoms with E-state index in [1.54, 1.807) is 19.3 Å². The predicted octanol–water partition coefficient (Wildman–Crippen LogP) is 1.41. The van der Waals surface area contributed by atoms with Gasteiger partial charge >= 0.3 is 0 Å². The Morgan fingerprint density at radius 3 is 3.00 bits per heavy atom. The summed E-state index contributed by atoms with van der Waals surface area (Å²) < 4.78 is 0. The first-order chi connectivity index (χ1) is 10.6. The minimum Gasteiger partial charge on any atom is -0.352 e. The molecule has 0 bridgehead atoms. The molecule has 0 radical (unpaired) electrons. The van der Waals surface area contributed by atoms with Crippen LogP contribution in [-0.4, -0.2) is 47.9 Å². The molecule has 1 aromatic rings. The van der Waals surface area contributed by atoms with Crippen molar-refractivity contribution in [3.8, 4) is 0 Å². The number of nitrogens with zero attached hydrogens (tertiary/aromatic N) is 3. The van der Waals surface area contributed by atoms with Crippen molar-refractivity contribution >= 4 is 23.5 Å². The summed E-state index contributed by atoms with van der Waals surface area (Å²) in [6.45, 7) is 4.05. The first kappa shape index (κ1) is 16.5. The van der Waals surface area contributed by atoms with Gasteiger partial charge in [-0.05, 0) is 18.1 Å². The first-order valence-corrected chi connectivity index (χ1v) is 7.85. The number of rotatable bonds is 4. The lowest BCUT2D eigenvalue weighted by Crippen LogP contribution is -2.44. The Bertz CT molecular complexity index is 531. The molecule has 22 heavy (non-hydrogen) atoms. The van der Waals surface area contributed by atoms with Gasteiger partial charge in [-0.2, -0.15) is 0 Å². The van der Waals surface area contributed by atoms with E-state index >= 15 is 0 Å². The second kappa shape index (κ2) is 7.98. The molecular formula is C15H22ClN5O. The van der Waals surface area contributed by atoms with Gasteiger partial charge in [-0.15, -0.1) is 0 Å². The van der Waals surface area contributed by atoms with Crippen molar-refractivity contribution < 1.29 is 4.79 Å². The van der Waals surface area contributed by atoms with Crippen LogP contribution in [0, 0.1) is 0 Å². The number of pyridine rings is 1. The summed E-state index contributed by atoms with van der Waals surface area (Å²) in [5.74, 6) is 0.935. The van der Waals surface area contributed by atoms with Gasteiger partial charge in [0.05, 0.1) is 0 Å². The number of halogens is 1. The minimum atomic E-state index is 0.208. The van der Waals surface area contributed by atoms with E-state index in [2.05, 4.69) is 20.6 Å². The molecule has 6 nitrogen and oxygen atoms in total. The number of guanidine groups is 1. The smallest absolute Gasteiger partial charge is 0.222 e. The van der Waals surface area contributed by atoms with Crippen LogP contribution in [0.25, 0.3) is 0 Å². The van der Waals surface area contributed by atoms with Crippen LogP contribution in [-0.2, 0) is 11.3 Å². The highest BCUT2D eigenvalue weighted by atomic mass is 35.5. The Balaban J connectivity index is 1.81. The molecule has 0 saturated carbocycles. The zero-order valence-electron chi connectivity index (χ0n) is 13.0.